The molecule has 3 aromatic heterocycles. The van der Waals surface area contributed by atoms with Gasteiger partial charge in [-0.1, -0.05) is 12.1 Å². The van der Waals surface area contributed by atoms with E-state index in [2.05, 4.69) is 15.0 Å². The maximum atomic E-state index is 13.0. The Labute approximate surface area is 155 Å². The molecule has 0 saturated carbocycles. The van der Waals surface area contributed by atoms with Gasteiger partial charge in [-0.05, 0) is 41.5 Å². The third-order valence-electron chi connectivity index (χ3n) is 4.80. The summed E-state index contributed by atoms with van der Waals surface area (Å²) in [6.45, 7) is 1.05. The minimum atomic E-state index is 0.000948. The average Bonchev–Trinajstić information content (AvgIpc) is 3.27. The first-order valence-electron chi connectivity index (χ1n) is 8.81. The van der Waals surface area contributed by atoms with Crippen molar-refractivity contribution < 1.29 is 9.21 Å². The molecule has 132 valence electrons. The van der Waals surface area contributed by atoms with E-state index in [1.54, 1.807) is 23.5 Å². The number of nitrogens with zero attached hydrogens (tertiary/aromatic N) is 4. The molecule has 6 heteroatoms. The number of fused-ring (bicyclic) bond motifs is 2. The van der Waals surface area contributed by atoms with E-state index in [4.69, 9.17) is 4.42 Å². The third-order valence-corrected chi connectivity index (χ3v) is 4.80. The first-order valence-corrected chi connectivity index (χ1v) is 8.81. The molecule has 27 heavy (non-hydrogen) atoms. The highest BCUT2D eigenvalue weighted by Crippen LogP contribution is 2.31. The van der Waals surface area contributed by atoms with Crippen molar-refractivity contribution in [2.24, 2.45) is 0 Å². The number of rotatable bonds is 4. The standard InChI is InChI=1S/C21H16N4O2/c26-21-20-15(14-5-9-22-10-6-14)7-11-23-17(20)13-25(21)12-8-19-24-16-3-1-2-4-18(16)27-19/h1-7,9-11H,8,12-13H2. The predicted octanol–water partition coefficient (Wildman–Crippen LogP) is 3.48. The van der Waals surface area contributed by atoms with Crippen molar-refractivity contribution in [2.45, 2.75) is 13.0 Å². The van der Waals surface area contributed by atoms with Gasteiger partial charge in [-0.15, -0.1) is 0 Å². The minimum Gasteiger partial charge on any atom is -0.441 e. The number of aromatic nitrogens is 3. The number of oxazole rings is 1. The Bertz CT molecular complexity index is 1100. The fourth-order valence-corrected chi connectivity index (χ4v) is 3.48. The van der Waals surface area contributed by atoms with Crippen molar-refractivity contribution in [3.63, 3.8) is 0 Å². The molecule has 0 bridgehead atoms. The number of pyridine rings is 2. The van der Waals surface area contributed by atoms with Crippen LogP contribution in [0.25, 0.3) is 22.2 Å². The van der Waals surface area contributed by atoms with Gasteiger partial charge >= 0.3 is 0 Å². The van der Waals surface area contributed by atoms with Crippen LogP contribution in [0.5, 0.6) is 0 Å². The zero-order valence-electron chi connectivity index (χ0n) is 14.5. The second-order valence-corrected chi connectivity index (χ2v) is 6.47. The largest absolute Gasteiger partial charge is 0.441 e. The lowest BCUT2D eigenvalue weighted by atomic mass is 10.0. The Morgan fingerprint density at radius 1 is 1.04 bits per heavy atom. The molecule has 5 rings (SSSR count). The van der Waals surface area contributed by atoms with Crippen molar-refractivity contribution in [3.8, 4) is 11.1 Å². The molecular formula is C21H16N4O2. The van der Waals surface area contributed by atoms with Crippen LogP contribution in [0.15, 0.2) is 65.5 Å². The lowest BCUT2D eigenvalue weighted by Gasteiger charge is -2.14. The topological polar surface area (TPSA) is 72.1 Å². The molecule has 1 aromatic carbocycles. The number of hydrogen-bond donors (Lipinski definition) is 0. The Morgan fingerprint density at radius 3 is 2.74 bits per heavy atom. The van der Waals surface area contributed by atoms with Crippen LogP contribution in [0.3, 0.4) is 0 Å². The van der Waals surface area contributed by atoms with E-state index in [0.29, 0.717) is 31.0 Å². The molecule has 0 aliphatic carbocycles. The second kappa shape index (κ2) is 6.32. The lowest BCUT2D eigenvalue weighted by molar-refractivity contribution is 0.0778. The molecule has 0 fully saturated rings. The molecule has 1 amide bonds. The van der Waals surface area contributed by atoms with Gasteiger partial charge < -0.3 is 9.32 Å². The SMILES string of the molecule is O=C1c2c(-c3ccncc3)ccnc2CN1CCc1nc2ccccc2o1. The monoisotopic (exact) mass is 356 g/mol. The van der Waals surface area contributed by atoms with Gasteiger partial charge in [0.15, 0.2) is 11.5 Å². The van der Waals surface area contributed by atoms with E-state index < -0.39 is 0 Å². The summed E-state index contributed by atoms with van der Waals surface area (Å²) in [6.07, 6.45) is 5.78. The van der Waals surface area contributed by atoms with Crippen LogP contribution >= 0.6 is 0 Å². The molecule has 0 atom stereocenters. The van der Waals surface area contributed by atoms with Crippen LogP contribution in [0.1, 0.15) is 21.9 Å². The molecule has 0 radical (unpaired) electrons. The Morgan fingerprint density at radius 2 is 1.89 bits per heavy atom. The van der Waals surface area contributed by atoms with Crippen LogP contribution in [-0.4, -0.2) is 32.3 Å². The number of benzene rings is 1. The first kappa shape index (κ1) is 15.7. The van der Waals surface area contributed by atoms with Crippen molar-refractivity contribution in [3.05, 3.63) is 78.2 Å². The summed E-state index contributed by atoms with van der Waals surface area (Å²) >= 11 is 0. The van der Waals surface area contributed by atoms with Gasteiger partial charge in [0.25, 0.3) is 5.91 Å². The third kappa shape index (κ3) is 2.75. The maximum Gasteiger partial charge on any atom is 0.256 e. The summed E-state index contributed by atoms with van der Waals surface area (Å²) in [5, 5.41) is 0. The van der Waals surface area contributed by atoms with E-state index in [9.17, 15) is 4.79 Å². The first-order chi connectivity index (χ1) is 13.3. The number of para-hydroxylation sites is 2. The van der Waals surface area contributed by atoms with Gasteiger partial charge in [0.05, 0.1) is 17.8 Å². The molecule has 4 heterocycles. The van der Waals surface area contributed by atoms with Gasteiger partial charge in [-0.25, -0.2) is 4.98 Å². The number of amides is 1. The van der Waals surface area contributed by atoms with E-state index in [1.807, 2.05) is 42.5 Å². The highest BCUT2D eigenvalue weighted by atomic mass is 16.3. The highest BCUT2D eigenvalue weighted by Gasteiger charge is 2.31. The van der Waals surface area contributed by atoms with Crippen molar-refractivity contribution >= 4 is 17.0 Å². The van der Waals surface area contributed by atoms with Gasteiger partial charge in [-0.3, -0.25) is 14.8 Å². The Kier molecular flexibility index (Phi) is 3.67. The van der Waals surface area contributed by atoms with E-state index in [1.165, 1.54) is 0 Å². The molecule has 0 unspecified atom stereocenters. The quantitative estimate of drug-likeness (QED) is 0.560. The zero-order valence-corrected chi connectivity index (χ0v) is 14.5. The summed E-state index contributed by atoms with van der Waals surface area (Å²) < 4.78 is 5.76. The van der Waals surface area contributed by atoms with Crippen LogP contribution in [-0.2, 0) is 13.0 Å². The van der Waals surface area contributed by atoms with Crippen molar-refractivity contribution in [1.82, 2.24) is 19.9 Å². The van der Waals surface area contributed by atoms with Crippen LogP contribution in [0.4, 0.5) is 0 Å². The summed E-state index contributed by atoms with van der Waals surface area (Å²) in [7, 11) is 0. The molecule has 1 aliphatic rings. The lowest BCUT2D eigenvalue weighted by Crippen LogP contribution is -2.26. The van der Waals surface area contributed by atoms with E-state index in [-0.39, 0.29) is 5.91 Å². The summed E-state index contributed by atoms with van der Waals surface area (Å²) in [6, 6.07) is 13.4. The fraction of sp³-hybridized carbons (Fsp3) is 0.143. The Hall–Kier alpha value is -3.54. The molecule has 0 saturated heterocycles. The van der Waals surface area contributed by atoms with Gasteiger partial charge in [-0.2, -0.15) is 0 Å². The van der Waals surface area contributed by atoms with Crippen LogP contribution in [0.2, 0.25) is 0 Å². The van der Waals surface area contributed by atoms with Gasteiger partial charge in [0.2, 0.25) is 0 Å². The predicted molar refractivity (Wildman–Crippen MR) is 99.9 cm³/mol. The molecular weight excluding hydrogens is 340 g/mol. The average molecular weight is 356 g/mol. The smallest absolute Gasteiger partial charge is 0.256 e. The molecule has 1 aliphatic heterocycles. The highest BCUT2D eigenvalue weighted by molar-refractivity contribution is 6.03. The second-order valence-electron chi connectivity index (χ2n) is 6.47. The van der Waals surface area contributed by atoms with Crippen molar-refractivity contribution in [2.75, 3.05) is 6.54 Å². The molecule has 0 N–H and O–H groups in total. The van der Waals surface area contributed by atoms with Gasteiger partial charge in [0, 0.05) is 31.6 Å². The zero-order chi connectivity index (χ0) is 18.2. The minimum absolute atomic E-state index is 0.000948. The fourth-order valence-electron chi connectivity index (χ4n) is 3.48. The number of carbonyl (C=O) groups excluding carboxylic acids is 1. The van der Waals surface area contributed by atoms with E-state index in [0.717, 1.165) is 27.9 Å². The molecule has 4 aromatic rings. The normalized spacial score (nSPS) is 13.3. The Balaban J connectivity index is 1.39. The maximum absolute atomic E-state index is 13.0. The van der Waals surface area contributed by atoms with Gasteiger partial charge in [0.1, 0.15) is 5.52 Å². The van der Waals surface area contributed by atoms with Crippen molar-refractivity contribution in [1.29, 1.82) is 0 Å². The number of hydrogen-bond acceptors (Lipinski definition) is 5. The molecule has 0 spiro atoms. The number of carbonyl (C=O) groups is 1. The summed E-state index contributed by atoms with van der Waals surface area (Å²) in [5.41, 5.74) is 4.97. The van der Waals surface area contributed by atoms with E-state index >= 15 is 0 Å². The summed E-state index contributed by atoms with van der Waals surface area (Å²) in [4.78, 5) is 27.8. The van der Waals surface area contributed by atoms with Crippen LogP contribution < -0.4 is 0 Å². The van der Waals surface area contributed by atoms with Crippen LogP contribution in [0, 0.1) is 0 Å². The molecule has 6 nitrogen and oxygen atoms in total. The summed E-state index contributed by atoms with van der Waals surface area (Å²) in [5.74, 6) is 0.642.